The third kappa shape index (κ3) is 3.65. The molecule has 0 spiro atoms. The van der Waals surface area contributed by atoms with Crippen LogP contribution in [0.4, 0.5) is 4.39 Å². The Morgan fingerprint density at radius 2 is 1.88 bits per heavy atom. The standard InChI is InChI=1S/C24H16FN5O2/c25-17-4-1-5-19(12-17)32-22-9-7-18(14-28-22)30-21-8-6-15(16-3-2-10-27-13-16)11-20(21)23(29-30)24(26)31/h1-14H,(H2,26,31). The number of carbonyl (C=O) groups excluding carboxylic acids is 1. The van der Waals surface area contributed by atoms with Crippen LogP contribution in [0.3, 0.4) is 0 Å². The zero-order chi connectivity index (χ0) is 22.1. The summed E-state index contributed by atoms with van der Waals surface area (Å²) in [6, 6.07) is 18.6. The molecule has 32 heavy (non-hydrogen) atoms. The van der Waals surface area contributed by atoms with Crippen LogP contribution in [-0.4, -0.2) is 25.7 Å². The Kier molecular flexibility index (Phi) is 4.79. The number of aromatic nitrogens is 4. The minimum atomic E-state index is -0.629. The first-order valence-electron chi connectivity index (χ1n) is 9.71. The van der Waals surface area contributed by atoms with Crippen molar-refractivity contribution in [2.24, 2.45) is 5.73 Å². The SMILES string of the molecule is NC(=O)c1nn(-c2ccc(Oc3cccc(F)c3)nc2)c2ccc(-c3cccnc3)cc12. The molecule has 0 bridgehead atoms. The first-order chi connectivity index (χ1) is 15.6. The number of ether oxygens (including phenoxy) is 1. The van der Waals surface area contributed by atoms with E-state index in [-0.39, 0.29) is 5.69 Å². The highest BCUT2D eigenvalue weighted by Crippen LogP contribution is 2.28. The fraction of sp³-hybridized carbons (Fsp3) is 0. The molecular weight excluding hydrogens is 409 g/mol. The number of hydrogen-bond donors (Lipinski definition) is 1. The molecule has 1 amide bonds. The zero-order valence-corrected chi connectivity index (χ0v) is 16.6. The van der Waals surface area contributed by atoms with Crippen LogP contribution < -0.4 is 10.5 Å². The van der Waals surface area contributed by atoms with E-state index in [4.69, 9.17) is 10.5 Å². The van der Waals surface area contributed by atoms with E-state index < -0.39 is 11.7 Å². The minimum absolute atomic E-state index is 0.158. The maximum atomic E-state index is 13.4. The number of primary amides is 1. The Labute approximate surface area is 181 Å². The van der Waals surface area contributed by atoms with Gasteiger partial charge in [-0.05, 0) is 42.0 Å². The number of nitrogens with zero attached hydrogens (tertiary/aromatic N) is 4. The van der Waals surface area contributed by atoms with Gasteiger partial charge in [-0.1, -0.05) is 18.2 Å². The fourth-order valence-corrected chi connectivity index (χ4v) is 3.42. The average Bonchev–Trinajstić information content (AvgIpc) is 3.19. The second kappa shape index (κ2) is 7.92. The van der Waals surface area contributed by atoms with E-state index in [0.29, 0.717) is 28.2 Å². The molecule has 0 aliphatic carbocycles. The van der Waals surface area contributed by atoms with Crippen molar-refractivity contribution in [1.29, 1.82) is 0 Å². The summed E-state index contributed by atoms with van der Waals surface area (Å²) in [5, 5.41) is 5.04. The van der Waals surface area contributed by atoms with Gasteiger partial charge in [-0.2, -0.15) is 5.10 Å². The van der Waals surface area contributed by atoms with Crippen molar-refractivity contribution < 1.29 is 13.9 Å². The van der Waals surface area contributed by atoms with Crippen LogP contribution in [0.5, 0.6) is 11.6 Å². The highest BCUT2D eigenvalue weighted by molar-refractivity contribution is 6.05. The smallest absolute Gasteiger partial charge is 0.269 e. The van der Waals surface area contributed by atoms with Crippen LogP contribution in [-0.2, 0) is 0 Å². The van der Waals surface area contributed by atoms with Gasteiger partial charge in [-0.15, -0.1) is 0 Å². The van der Waals surface area contributed by atoms with E-state index in [0.717, 1.165) is 11.1 Å². The van der Waals surface area contributed by atoms with Gasteiger partial charge in [0, 0.05) is 35.5 Å². The predicted octanol–water partition coefficient (Wildman–Crippen LogP) is 4.51. The van der Waals surface area contributed by atoms with Crippen molar-refractivity contribution in [2.45, 2.75) is 0 Å². The number of benzene rings is 2. The Hall–Kier alpha value is -4.59. The summed E-state index contributed by atoms with van der Waals surface area (Å²) in [6.07, 6.45) is 5.00. The van der Waals surface area contributed by atoms with Gasteiger partial charge >= 0.3 is 0 Å². The molecule has 156 valence electrons. The summed E-state index contributed by atoms with van der Waals surface area (Å²) in [5.74, 6) is -0.388. The Bertz CT molecular complexity index is 1430. The van der Waals surface area contributed by atoms with Crippen molar-refractivity contribution in [3.63, 3.8) is 0 Å². The molecule has 8 heteroatoms. The lowest BCUT2D eigenvalue weighted by Gasteiger charge is -2.07. The molecule has 5 rings (SSSR count). The third-order valence-electron chi connectivity index (χ3n) is 4.89. The molecule has 0 atom stereocenters. The molecule has 5 aromatic rings. The fourth-order valence-electron chi connectivity index (χ4n) is 3.42. The summed E-state index contributed by atoms with van der Waals surface area (Å²) < 4.78 is 20.5. The van der Waals surface area contributed by atoms with Crippen LogP contribution in [0.1, 0.15) is 10.5 Å². The number of fused-ring (bicyclic) bond motifs is 1. The maximum absolute atomic E-state index is 13.4. The van der Waals surface area contributed by atoms with Gasteiger partial charge in [0.15, 0.2) is 5.69 Å². The van der Waals surface area contributed by atoms with Crippen LogP contribution in [0, 0.1) is 5.82 Å². The first-order valence-corrected chi connectivity index (χ1v) is 9.71. The number of nitrogens with two attached hydrogens (primary N) is 1. The third-order valence-corrected chi connectivity index (χ3v) is 4.89. The molecule has 3 heterocycles. The molecule has 0 saturated heterocycles. The van der Waals surface area contributed by atoms with Crippen LogP contribution in [0.25, 0.3) is 27.7 Å². The number of rotatable bonds is 5. The quantitative estimate of drug-likeness (QED) is 0.447. The number of halogens is 1. The highest BCUT2D eigenvalue weighted by Gasteiger charge is 2.17. The second-order valence-corrected chi connectivity index (χ2v) is 7.01. The number of hydrogen-bond acceptors (Lipinski definition) is 5. The lowest BCUT2D eigenvalue weighted by Crippen LogP contribution is -2.12. The van der Waals surface area contributed by atoms with Crippen LogP contribution >= 0.6 is 0 Å². The molecule has 0 fully saturated rings. The second-order valence-electron chi connectivity index (χ2n) is 7.01. The molecule has 0 saturated carbocycles. The molecule has 0 unspecified atom stereocenters. The zero-order valence-electron chi connectivity index (χ0n) is 16.6. The molecule has 0 aliphatic rings. The van der Waals surface area contributed by atoms with E-state index in [9.17, 15) is 9.18 Å². The van der Waals surface area contributed by atoms with E-state index in [1.54, 1.807) is 47.5 Å². The van der Waals surface area contributed by atoms with E-state index >= 15 is 0 Å². The van der Waals surface area contributed by atoms with Crippen molar-refractivity contribution in [3.8, 4) is 28.4 Å². The minimum Gasteiger partial charge on any atom is -0.439 e. The van der Waals surface area contributed by atoms with Gasteiger partial charge in [-0.25, -0.2) is 14.1 Å². The van der Waals surface area contributed by atoms with Crippen molar-refractivity contribution in [3.05, 3.63) is 96.8 Å². The molecular formula is C24H16FN5O2. The Morgan fingerprint density at radius 3 is 2.59 bits per heavy atom. The van der Waals surface area contributed by atoms with Crippen molar-refractivity contribution >= 4 is 16.8 Å². The number of amides is 1. The summed E-state index contributed by atoms with van der Waals surface area (Å²) in [4.78, 5) is 20.5. The first kappa shape index (κ1) is 19.4. The average molecular weight is 425 g/mol. The number of pyridine rings is 2. The largest absolute Gasteiger partial charge is 0.439 e. The molecule has 0 radical (unpaired) electrons. The Morgan fingerprint density at radius 1 is 0.969 bits per heavy atom. The monoisotopic (exact) mass is 425 g/mol. The summed E-state index contributed by atoms with van der Waals surface area (Å²) in [5.41, 5.74) is 8.87. The van der Waals surface area contributed by atoms with Crippen molar-refractivity contribution in [2.75, 3.05) is 0 Å². The molecule has 7 nitrogen and oxygen atoms in total. The van der Waals surface area contributed by atoms with E-state index in [1.165, 1.54) is 12.1 Å². The van der Waals surface area contributed by atoms with Gasteiger partial charge in [-0.3, -0.25) is 9.78 Å². The van der Waals surface area contributed by atoms with Gasteiger partial charge in [0.25, 0.3) is 5.91 Å². The molecule has 2 aromatic carbocycles. The van der Waals surface area contributed by atoms with Crippen molar-refractivity contribution in [1.82, 2.24) is 19.7 Å². The highest BCUT2D eigenvalue weighted by atomic mass is 19.1. The molecule has 2 N–H and O–H groups in total. The Balaban J connectivity index is 1.53. The van der Waals surface area contributed by atoms with E-state index in [2.05, 4.69) is 15.1 Å². The summed E-state index contributed by atoms with van der Waals surface area (Å²) >= 11 is 0. The molecule has 3 aromatic heterocycles. The lowest BCUT2D eigenvalue weighted by molar-refractivity contribution is 0.0996. The maximum Gasteiger partial charge on any atom is 0.269 e. The van der Waals surface area contributed by atoms with Crippen LogP contribution in [0.15, 0.2) is 85.3 Å². The number of carbonyl (C=O) groups is 1. The van der Waals surface area contributed by atoms with Gasteiger partial charge in [0.2, 0.25) is 5.88 Å². The summed E-state index contributed by atoms with van der Waals surface area (Å²) in [6.45, 7) is 0. The van der Waals surface area contributed by atoms with Gasteiger partial charge in [0.1, 0.15) is 11.6 Å². The van der Waals surface area contributed by atoms with Gasteiger partial charge < -0.3 is 10.5 Å². The van der Waals surface area contributed by atoms with Gasteiger partial charge in [0.05, 0.1) is 17.4 Å². The predicted molar refractivity (Wildman–Crippen MR) is 117 cm³/mol. The lowest BCUT2D eigenvalue weighted by atomic mass is 10.0. The van der Waals surface area contributed by atoms with E-state index in [1.807, 2.05) is 30.3 Å². The topological polar surface area (TPSA) is 95.9 Å². The molecule has 0 aliphatic heterocycles. The summed E-state index contributed by atoms with van der Waals surface area (Å²) in [7, 11) is 0. The van der Waals surface area contributed by atoms with Crippen LogP contribution in [0.2, 0.25) is 0 Å². The normalized spacial score (nSPS) is 10.9.